The van der Waals surface area contributed by atoms with E-state index in [2.05, 4.69) is 70.5 Å². The number of likely N-dealkylation sites (tertiary alicyclic amines) is 1. The number of hydrogen-bond donors (Lipinski definition) is 0. The molecule has 0 saturated carbocycles. The van der Waals surface area contributed by atoms with E-state index in [0.29, 0.717) is 5.92 Å². The van der Waals surface area contributed by atoms with Crippen LogP contribution in [0, 0.1) is 0 Å². The molecule has 148 valence electrons. The van der Waals surface area contributed by atoms with E-state index in [1.54, 1.807) is 11.3 Å². The number of likely N-dealkylation sites (N-methyl/N-ethyl adjacent to an activating group) is 1. The van der Waals surface area contributed by atoms with E-state index in [9.17, 15) is 0 Å². The smallest absolute Gasteiger partial charge is 0.0644 e. The number of thioether (sulfide) groups is 1. The summed E-state index contributed by atoms with van der Waals surface area (Å²) < 4.78 is 0. The van der Waals surface area contributed by atoms with Gasteiger partial charge in [-0.25, -0.2) is 0 Å². The average molecular weight is 394 g/mol. The van der Waals surface area contributed by atoms with E-state index >= 15 is 0 Å². The molecule has 1 fully saturated rings. The van der Waals surface area contributed by atoms with Gasteiger partial charge in [-0.2, -0.15) is 0 Å². The van der Waals surface area contributed by atoms with Crippen molar-refractivity contribution in [2.24, 2.45) is 0 Å². The molecule has 2 atom stereocenters. The van der Waals surface area contributed by atoms with Crippen LogP contribution in [0.4, 0.5) is 11.4 Å². The number of benzene rings is 2. The molecule has 2 aromatic rings. The lowest BCUT2D eigenvalue weighted by molar-refractivity contribution is 0.191. The Labute approximate surface area is 173 Å². The molecule has 0 spiro atoms. The van der Waals surface area contributed by atoms with Gasteiger partial charge in [-0.1, -0.05) is 30.3 Å². The molecule has 28 heavy (non-hydrogen) atoms. The molecule has 0 aliphatic carbocycles. The Morgan fingerprint density at radius 1 is 1.04 bits per heavy atom. The van der Waals surface area contributed by atoms with Crippen LogP contribution in [0.15, 0.2) is 47.4 Å². The molecule has 0 aromatic heterocycles. The topological polar surface area (TPSA) is 9.72 Å². The molecule has 5 rings (SSSR count). The van der Waals surface area contributed by atoms with Crippen molar-refractivity contribution in [1.82, 2.24) is 4.90 Å². The molecule has 3 aliphatic rings. The van der Waals surface area contributed by atoms with Crippen LogP contribution in [0.3, 0.4) is 0 Å². The fourth-order valence-corrected chi connectivity index (χ4v) is 6.23. The first-order chi connectivity index (χ1) is 13.8. The highest BCUT2D eigenvalue weighted by Gasteiger charge is 2.44. The minimum absolute atomic E-state index is 0.689. The largest absolute Gasteiger partial charge is 0.371 e. The highest BCUT2D eigenvalue weighted by atomic mass is 32.2. The maximum Gasteiger partial charge on any atom is 0.0644 e. The third-order valence-corrected chi connectivity index (χ3v) is 7.83. The molecule has 3 aliphatic heterocycles. The molecule has 3 heterocycles. The standard InChI is InChI=1S/C24H31N3S/c1-25-15-16-27-21-12-14-26(13-6-8-18-7-3-4-11-23(18)28-2)17-20(21)19-9-5-10-22(25)24(19)27/h3-5,7,9-11,20-21H,6,8,12-17H2,1-2H3/t20-,21-/m0/s1. The predicted octanol–water partition coefficient (Wildman–Crippen LogP) is 4.47. The molecule has 1 saturated heterocycles. The molecular weight excluding hydrogens is 362 g/mol. The summed E-state index contributed by atoms with van der Waals surface area (Å²) in [5.74, 6) is 0.689. The van der Waals surface area contributed by atoms with Crippen LogP contribution in [0.25, 0.3) is 0 Å². The number of para-hydroxylation sites is 1. The minimum Gasteiger partial charge on any atom is -0.371 e. The monoisotopic (exact) mass is 393 g/mol. The lowest BCUT2D eigenvalue weighted by Crippen LogP contribution is -2.49. The molecule has 3 nitrogen and oxygen atoms in total. The number of nitrogens with zero attached hydrogens (tertiary/aromatic N) is 3. The summed E-state index contributed by atoms with van der Waals surface area (Å²) in [5.41, 5.74) is 6.10. The van der Waals surface area contributed by atoms with E-state index in [1.165, 1.54) is 61.6 Å². The van der Waals surface area contributed by atoms with Gasteiger partial charge in [0.25, 0.3) is 0 Å². The highest BCUT2D eigenvalue weighted by Crippen LogP contribution is 2.50. The Hall–Kier alpha value is -1.65. The number of rotatable bonds is 5. The molecular formula is C24H31N3S. The molecule has 0 unspecified atom stereocenters. The molecule has 0 radical (unpaired) electrons. The summed E-state index contributed by atoms with van der Waals surface area (Å²) in [4.78, 5) is 9.34. The van der Waals surface area contributed by atoms with Crippen molar-refractivity contribution in [1.29, 1.82) is 0 Å². The zero-order valence-electron chi connectivity index (χ0n) is 17.1. The molecule has 4 heteroatoms. The van der Waals surface area contributed by atoms with Crippen LogP contribution in [0.2, 0.25) is 0 Å². The number of anilines is 2. The SMILES string of the molecule is CSc1ccccc1CCCN1CC[C@H]2[C@@H](C1)c1cccc3c1N2CCN3C. The van der Waals surface area contributed by atoms with E-state index in [4.69, 9.17) is 0 Å². The van der Waals surface area contributed by atoms with Crippen molar-refractivity contribution in [2.75, 3.05) is 55.8 Å². The summed E-state index contributed by atoms with van der Waals surface area (Å²) >= 11 is 1.87. The van der Waals surface area contributed by atoms with Crippen LogP contribution >= 0.6 is 11.8 Å². The van der Waals surface area contributed by atoms with Crippen molar-refractivity contribution in [3.63, 3.8) is 0 Å². The fourth-order valence-electron chi connectivity index (χ4n) is 5.58. The van der Waals surface area contributed by atoms with Crippen molar-refractivity contribution in [3.05, 3.63) is 53.6 Å². The van der Waals surface area contributed by atoms with Gasteiger partial charge in [0.15, 0.2) is 0 Å². The van der Waals surface area contributed by atoms with Gasteiger partial charge in [0.1, 0.15) is 0 Å². The van der Waals surface area contributed by atoms with Gasteiger partial charge in [-0.15, -0.1) is 11.8 Å². The lowest BCUT2D eigenvalue weighted by atomic mass is 9.89. The second-order valence-corrected chi connectivity index (χ2v) is 9.36. The molecule has 0 N–H and O–H groups in total. The Bertz CT molecular complexity index is 851. The first-order valence-electron chi connectivity index (χ1n) is 10.7. The second kappa shape index (κ2) is 7.64. The summed E-state index contributed by atoms with van der Waals surface area (Å²) in [6, 6.07) is 16.6. The molecule has 0 amide bonds. The normalized spacial score (nSPS) is 23.6. The van der Waals surface area contributed by atoms with Gasteiger partial charge in [-0.05, 0) is 55.3 Å². The Balaban J connectivity index is 1.26. The lowest BCUT2D eigenvalue weighted by Gasteiger charge is -2.41. The number of fused-ring (bicyclic) bond motifs is 3. The fraction of sp³-hybridized carbons (Fsp3) is 0.500. The third-order valence-electron chi connectivity index (χ3n) is 6.99. The number of piperidine rings is 1. The maximum absolute atomic E-state index is 2.74. The van der Waals surface area contributed by atoms with Crippen LogP contribution in [-0.2, 0) is 6.42 Å². The maximum atomic E-state index is 2.74. The summed E-state index contributed by atoms with van der Waals surface area (Å²) in [7, 11) is 2.24. The molecule has 2 aromatic carbocycles. The van der Waals surface area contributed by atoms with Crippen LogP contribution < -0.4 is 9.80 Å². The van der Waals surface area contributed by atoms with Crippen LogP contribution in [0.5, 0.6) is 0 Å². The summed E-state index contributed by atoms with van der Waals surface area (Å²) in [6.45, 7) is 6.04. The van der Waals surface area contributed by atoms with Crippen molar-refractivity contribution in [3.8, 4) is 0 Å². The Morgan fingerprint density at radius 3 is 2.82 bits per heavy atom. The quantitative estimate of drug-likeness (QED) is 0.693. The van der Waals surface area contributed by atoms with Gasteiger partial charge in [0.2, 0.25) is 0 Å². The van der Waals surface area contributed by atoms with Crippen LogP contribution in [-0.4, -0.2) is 57.0 Å². The van der Waals surface area contributed by atoms with E-state index in [1.807, 2.05) is 11.8 Å². The van der Waals surface area contributed by atoms with Crippen molar-refractivity contribution in [2.45, 2.75) is 36.1 Å². The second-order valence-electron chi connectivity index (χ2n) is 8.51. The first kappa shape index (κ1) is 18.4. The Morgan fingerprint density at radius 2 is 1.93 bits per heavy atom. The van der Waals surface area contributed by atoms with E-state index < -0.39 is 0 Å². The van der Waals surface area contributed by atoms with Gasteiger partial charge in [0, 0.05) is 50.1 Å². The molecule has 0 bridgehead atoms. The van der Waals surface area contributed by atoms with Crippen molar-refractivity contribution < 1.29 is 0 Å². The minimum atomic E-state index is 0.689. The highest BCUT2D eigenvalue weighted by molar-refractivity contribution is 7.98. The van der Waals surface area contributed by atoms with Crippen LogP contribution in [0.1, 0.15) is 29.9 Å². The van der Waals surface area contributed by atoms with Gasteiger partial charge < -0.3 is 14.7 Å². The van der Waals surface area contributed by atoms with E-state index in [0.717, 1.165) is 12.6 Å². The zero-order chi connectivity index (χ0) is 19.1. The average Bonchev–Trinajstić information content (AvgIpc) is 3.05. The summed E-state index contributed by atoms with van der Waals surface area (Å²) in [5, 5.41) is 0. The summed E-state index contributed by atoms with van der Waals surface area (Å²) in [6.07, 6.45) is 5.95. The van der Waals surface area contributed by atoms with Crippen molar-refractivity contribution >= 4 is 23.1 Å². The van der Waals surface area contributed by atoms with E-state index in [-0.39, 0.29) is 0 Å². The first-order valence-corrected chi connectivity index (χ1v) is 11.9. The predicted molar refractivity (Wildman–Crippen MR) is 121 cm³/mol. The third kappa shape index (κ3) is 3.11. The Kier molecular flexibility index (Phi) is 5.02. The zero-order valence-corrected chi connectivity index (χ0v) is 17.9. The van der Waals surface area contributed by atoms with Gasteiger partial charge in [0.05, 0.1) is 11.4 Å². The number of hydrogen-bond acceptors (Lipinski definition) is 4. The van der Waals surface area contributed by atoms with Gasteiger partial charge >= 0.3 is 0 Å². The number of aryl methyl sites for hydroxylation is 1. The van der Waals surface area contributed by atoms with Gasteiger partial charge in [-0.3, -0.25) is 0 Å².